The van der Waals surface area contributed by atoms with E-state index >= 15 is 0 Å². The number of aryl methyl sites for hydroxylation is 1. The second kappa shape index (κ2) is 4.78. The molecule has 1 aromatic carbocycles. The van der Waals surface area contributed by atoms with Crippen LogP contribution in [0.1, 0.15) is 0 Å². The van der Waals surface area contributed by atoms with Crippen LogP contribution in [-0.2, 0) is 7.05 Å². The highest BCUT2D eigenvalue weighted by Gasteiger charge is 2.15. The van der Waals surface area contributed by atoms with Crippen molar-refractivity contribution in [2.45, 2.75) is 0 Å². The Labute approximate surface area is 123 Å². The highest BCUT2D eigenvalue weighted by Crippen LogP contribution is 2.31. The average Bonchev–Trinajstić information content (AvgIpc) is 2.90. The summed E-state index contributed by atoms with van der Waals surface area (Å²) in [6.07, 6.45) is 0. The molecule has 21 heavy (non-hydrogen) atoms. The van der Waals surface area contributed by atoms with E-state index in [-0.39, 0.29) is 11.2 Å². The van der Waals surface area contributed by atoms with Crippen molar-refractivity contribution in [1.82, 2.24) is 19.5 Å². The summed E-state index contributed by atoms with van der Waals surface area (Å²) in [6.45, 7) is 0. The van der Waals surface area contributed by atoms with Crippen LogP contribution in [0.4, 0.5) is 0 Å². The second-order valence-electron chi connectivity index (χ2n) is 4.45. The van der Waals surface area contributed by atoms with Crippen LogP contribution in [0.15, 0.2) is 27.8 Å². The summed E-state index contributed by atoms with van der Waals surface area (Å²) in [4.78, 5) is 32.8. The van der Waals surface area contributed by atoms with Crippen LogP contribution in [0, 0.1) is 0 Å². The number of hydrogen-bond donors (Lipinski definition) is 2. The van der Waals surface area contributed by atoms with E-state index in [0.29, 0.717) is 22.2 Å². The van der Waals surface area contributed by atoms with Gasteiger partial charge >= 0.3 is 5.69 Å². The van der Waals surface area contributed by atoms with Gasteiger partial charge in [0, 0.05) is 12.1 Å². The van der Waals surface area contributed by atoms with Gasteiger partial charge in [-0.25, -0.2) is 9.78 Å². The molecule has 0 spiro atoms. The minimum absolute atomic E-state index is 0.226. The third-order valence-electron chi connectivity index (χ3n) is 3.17. The molecular formula is C13H11ClN4O3. The first-order chi connectivity index (χ1) is 10.0. The monoisotopic (exact) mass is 306 g/mol. The molecule has 0 aliphatic carbocycles. The summed E-state index contributed by atoms with van der Waals surface area (Å²) in [6, 6.07) is 5.06. The zero-order chi connectivity index (χ0) is 15.1. The lowest BCUT2D eigenvalue weighted by atomic mass is 10.2. The van der Waals surface area contributed by atoms with E-state index in [4.69, 9.17) is 16.3 Å². The fraction of sp³-hybridized carbons (Fsp3) is 0.154. The van der Waals surface area contributed by atoms with E-state index in [9.17, 15) is 9.59 Å². The Bertz CT molecular complexity index is 954. The lowest BCUT2D eigenvalue weighted by Gasteiger charge is -2.05. The number of nitrogens with zero attached hydrogens (tertiary/aromatic N) is 2. The third-order valence-corrected chi connectivity index (χ3v) is 3.41. The lowest BCUT2D eigenvalue weighted by Crippen LogP contribution is -2.28. The van der Waals surface area contributed by atoms with Gasteiger partial charge in [0.25, 0.3) is 5.56 Å². The highest BCUT2D eigenvalue weighted by atomic mass is 35.5. The number of aromatic nitrogens is 4. The average molecular weight is 307 g/mol. The Morgan fingerprint density at radius 3 is 2.76 bits per heavy atom. The van der Waals surface area contributed by atoms with E-state index in [2.05, 4.69) is 15.0 Å². The molecule has 0 saturated carbocycles. The Balaban J connectivity index is 2.32. The first-order valence-electron chi connectivity index (χ1n) is 6.04. The summed E-state index contributed by atoms with van der Waals surface area (Å²) < 4.78 is 6.52. The van der Waals surface area contributed by atoms with Gasteiger partial charge < -0.3 is 9.72 Å². The number of nitrogens with one attached hydrogen (secondary N) is 2. The third kappa shape index (κ3) is 2.11. The zero-order valence-electron chi connectivity index (χ0n) is 11.2. The number of fused-ring (bicyclic) bond motifs is 1. The predicted octanol–water partition coefficient (Wildman–Crippen LogP) is 1.28. The molecule has 2 N–H and O–H groups in total. The standard InChI is InChI=1S/C13H11ClN4O3/c1-18-11-9(12(19)17-13(18)20)15-10(16-11)7-4-3-6(14)5-8(7)21-2/h3-5H,1-2H3,(H,15,16)(H,17,19,20). The molecule has 8 heteroatoms. The topological polar surface area (TPSA) is 92.8 Å². The number of ether oxygens (including phenoxy) is 1. The molecule has 0 bridgehead atoms. The molecule has 0 aliphatic rings. The van der Waals surface area contributed by atoms with Crippen molar-refractivity contribution in [1.29, 1.82) is 0 Å². The molecule has 0 unspecified atom stereocenters. The van der Waals surface area contributed by atoms with Gasteiger partial charge in [-0.3, -0.25) is 14.3 Å². The maximum atomic E-state index is 11.8. The summed E-state index contributed by atoms with van der Waals surface area (Å²) in [5.74, 6) is 0.938. The molecule has 2 aromatic heterocycles. The predicted molar refractivity (Wildman–Crippen MR) is 79.0 cm³/mol. The Morgan fingerprint density at radius 2 is 2.05 bits per heavy atom. The SMILES string of the molecule is COc1cc(Cl)ccc1-c1nc2c([nH]1)c(=O)[nH]c(=O)n2C. The van der Waals surface area contributed by atoms with Gasteiger partial charge in [-0.1, -0.05) is 11.6 Å². The summed E-state index contributed by atoms with van der Waals surface area (Å²) in [7, 11) is 3.05. The number of imidazole rings is 1. The Hall–Kier alpha value is -2.54. The smallest absolute Gasteiger partial charge is 0.329 e. The van der Waals surface area contributed by atoms with E-state index in [1.54, 1.807) is 18.2 Å². The van der Waals surface area contributed by atoms with E-state index < -0.39 is 11.2 Å². The molecule has 0 atom stereocenters. The van der Waals surface area contributed by atoms with Crippen molar-refractivity contribution in [3.63, 3.8) is 0 Å². The second-order valence-corrected chi connectivity index (χ2v) is 4.88. The van der Waals surface area contributed by atoms with Crippen LogP contribution < -0.4 is 16.0 Å². The van der Waals surface area contributed by atoms with Crippen molar-refractivity contribution in [2.75, 3.05) is 7.11 Å². The maximum absolute atomic E-state index is 11.8. The van der Waals surface area contributed by atoms with Gasteiger partial charge in [-0.05, 0) is 18.2 Å². The molecule has 0 amide bonds. The van der Waals surface area contributed by atoms with Gasteiger partial charge in [0.2, 0.25) is 0 Å². The molecule has 0 saturated heterocycles. The van der Waals surface area contributed by atoms with E-state index in [1.807, 2.05) is 0 Å². The summed E-state index contributed by atoms with van der Waals surface area (Å²) >= 11 is 5.92. The van der Waals surface area contributed by atoms with Crippen molar-refractivity contribution in [3.8, 4) is 17.1 Å². The van der Waals surface area contributed by atoms with Gasteiger partial charge in [-0.2, -0.15) is 0 Å². The fourth-order valence-electron chi connectivity index (χ4n) is 2.09. The minimum atomic E-state index is -0.520. The van der Waals surface area contributed by atoms with Gasteiger partial charge in [0.05, 0.1) is 12.7 Å². The summed E-state index contributed by atoms with van der Waals surface area (Å²) in [5, 5.41) is 0.525. The highest BCUT2D eigenvalue weighted by molar-refractivity contribution is 6.30. The molecule has 3 aromatic rings. The quantitative estimate of drug-likeness (QED) is 0.746. The first kappa shape index (κ1) is 13.4. The largest absolute Gasteiger partial charge is 0.496 e. The van der Waals surface area contributed by atoms with Gasteiger partial charge in [0.15, 0.2) is 5.65 Å². The molecule has 7 nitrogen and oxygen atoms in total. The number of halogens is 1. The van der Waals surface area contributed by atoms with Crippen molar-refractivity contribution in [2.24, 2.45) is 7.05 Å². The lowest BCUT2D eigenvalue weighted by molar-refractivity contribution is 0.416. The van der Waals surface area contributed by atoms with Crippen LogP contribution in [-0.4, -0.2) is 26.6 Å². The van der Waals surface area contributed by atoms with Crippen LogP contribution in [0.2, 0.25) is 5.02 Å². The fourth-order valence-corrected chi connectivity index (χ4v) is 2.26. The molecule has 0 radical (unpaired) electrons. The Morgan fingerprint density at radius 1 is 1.29 bits per heavy atom. The number of benzene rings is 1. The van der Waals surface area contributed by atoms with Crippen LogP contribution >= 0.6 is 11.6 Å². The van der Waals surface area contributed by atoms with Gasteiger partial charge in [0.1, 0.15) is 17.1 Å². The van der Waals surface area contributed by atoms with E-state index in [1.165, 1.54) is 18.7 Å². The van der Waals surface area contributed by atoms with Crippen LogP contribution in [0.25, 0.3) is 22.6 Å². The molecular weight excluding hydrogens is 296 g/mol. The maximum Gasteiger partial charge on any atom is 0.329 e. The Kier molecular flexibility index (Phi) is 3.06. The van der Waals surface area contributed by atoms with Crippen molar-refractivity contribution >= 4 is 22.8 Å². The molecule has 3 rings (SSSR count). The van der Waals surface area contributed by atoms with E-state index in [0.717, 1.165) is 0 Å². The minimum Gasteiger partial charge on any atom is -0.496 e. The van der Waals surface area contributed by atoms with Crippen molar-refractivity contribution in [3.05, 3.63) is 44.1 Å². The molecule has 108 valence electrons. The first-order valence-corrected chi connectivity index (χ1v) is 6.42. The van der Waals surface area contributed by atoms with Crippen LogP contribution in [0.5, 0.6) is 5.75 Å². The number of hydrogen-bond acceptors (Lipinski definition) is 4. The molecule has 0 fully saturated rings. The van der Waals surface area contributed by atoms with Gasteiger partial charge in [-0.15, -0.1) is 0 Å². The molecule has 2 heterocycles. The zero-order valence-corrected chi connectivity index (χ0v) is 12.0. The normalized spacial score (nSPS) is 11.0. The number of H-pyrrole nitrogens is 2. The van der Waals surface area contributed by atoms with Crippen molar-refractivity contribution < 1.29 is 4.74 Å². The summed E-state index contributed by atoms with van der Waals surface area (Å²) in [5.41, 5.74) is 0.109. The number of aromatic amines is 2. The number of rotatable bonds is 2. The molecule has 0 aliphatic heterocycles. The van der Waals surface area contributed by atoms with Crippen LogP contribution in [0.3, 0.4) is 0 Å². The number of methoxy groups -OCH3 is 1.